The van der Waals surface area contributed by atoms with Gasteiger partial charge in [0.2, 0.25) is 5.69 Å². The number of carbonyl (C=O) groups excluding carboxylic acids is 1. The smallest absolute Gasteiger partial charge is 0.256 e. The summed E-state index contributed by atoms with van der Waals surface area (Å²) in [5.41, 5.74) is 0.432. The fourth-order valence-corrected chi connectivity index (χ4v) is 5.48. The molecule has 2 aliphatic heterocycles. The predicted molar refractivity (Wildman–Crippen MR) is 148 cm³/mol. The van der Waals surface area contributed by atoms with Crippen LogP contribution in [-0.4, -0.2) is 71.9 Å². The van der Waals surface area contributed by atoms with Gasteiger partial charge in [-0.2, -0.15) is 0 Å². The number of aliphatic hydroxyl groups is 1. The van der Waals surface area contributed by atoms with E-state index in [2.05, 4.69) is 9.74 Å². The van der Waals surface area contributed by atoms with Crippen molar-refractivity contribution < 1.29 is 23.4 Å². The monoisotopic (exact) mass is 539 g/mol. The summed E-state index contributed by atoms with van der Waals surface area (Å²) in [4.78, 5) is 20.1. The number of ether oxygens (including phenoxy) is 1. The molecule has 2 saturated heterocycles. The van der Waals surface area contributed by atoms with Gasteiger partial charge in [-0.1, -0.05) is 26.0 Å². The van der Waals surface area contributed by atoms with Crippen LogP contribution in [0.2, 0.25) is 0 Å². The maximum Gasteiger partial charge on any atom is 0.256 e. The lowest BCUT2D eigenvalue weighted by Crippen LogP contribution is -2.44. The number of piperidine rings is 2. The molecule has 2 fully saturated rings. The van der Waals surface area contributed by atoms with Crippen molar-refractivity contribution in [2.75, 3.05) is 39.3 Å². The minimum Gasteiger partial charge on any atom is -0.504 e. The van der Waals surface area contributed by atoms with Crippen LogP contribution in [0.3, 0.4) is 0 Å². The zero-order chi connectivity index (χ0) is 28.0. The second-order valence-electron chi connectivity index (χ2n) is 10.9. The van der Waals surface area contributed by atoms with Crippen molar-refractivity contribution in [3.05, 3.63) is 59.2 Å². The maximum atomic E-state index is 15.0. The molecule has 0 bridgehead atoms. The molecule has 0 radical (unpaired) electrons. The van der Waals surface area contributed by atoms with Gasteiger partial charge in [-0.3, -0.25) is 4.79 Å². The Hall–Kier alpha value is -3.02. The van der Waals surface area contributed by atoms with E-state index in [-0.39, 0.29) is 12.1 Å². The topological polar surface area (TPSA) is 57.4 Å². The minimum atomic E-state index is -1.12. The summed E-state index contributed by atoms with van der Waals surface area (Å²) in [6.07, 6.45) is 3.67. The molecule has 210 valence electrons. The first-order valence-electron chi connectivity index (χ1n) is 14.1. The highest BCUT2D eigenvalue weighted by Crippen LogP contribution is 2.35. The van der Waals surface area contributed by atoms with Crippen LogP contribution >= 0.6 is 0 Å². The molecule has 1 atom stereocenters. The van der Waals surface area contributed by atoms with Gasteiger partial charge in [0, 0.05) is 19.6 Å². The number of aliphatic hydroxyl groups excluding tert-OH is 1. The van der Waals surface area contributed by atoms with E-state index in [1.54, 1.807) is 24.3 Å². The first-order valence-corrected chi connectivity index (χ1v) is 14.1. The Morgan fingerprint density at radius 1 is 1.10 bits per heavy atom. The van der Waals surface area contributed by atoms with Crippen LogP contribution in [0.5, 0.6) is 5.75 Å². The van der Waals surface area contributed by atoms with E-state index < -0.39 is 23.5 Å². The molecule has 0 aromatic heterocycles. The quantitative estimate of drug-likeness (QED) is 0.382. The fourth-order valence-electron chi connectivity index (χ4n) is 5.48. The first-order chi connectivity index (χ1) is 18.7. The fraction of sp³-hybridized carbons (Fsp3) is 0.548. The van der Waals surface area contributed by atoms with Crippen LogP contribution < -0.4 is 4.74 Å². The molecule has 8 heteroatoms. The number of rotatable bonds is 9. The van der Waals surface area contributed by atoms with Crippen LogP contribution in [0.1, 0.15) is 62.7 Å². The van der Waals surface area contributed by atoms with E-state index in [0.717, 1.165) is 25.9 Å². The molecule has 0 saturated carbocycles. The third-order valence-corrected chi connectivity index (χ3v) is 8.25. The highest BCUT2D eigenvalue weighted by Gasteiger charge is 2.30. The molecule has 0 unspecified atom stereocenters. The summed E-state index contributed by atoms with van der Waals surface area (Å²) < 4.78 is 35.8. The summed E-state index contributed by atoms with van der Waals surface area (Å²) in [6, 6.07) is 9.67. The Labute approximate surface area is 230 Å². The number of alkyl halides is 1. The lowest BCUT2D eigenvalue weighted by molar-refractivity contribution is 0.0470. The van der Waals surface area contributed by atoms with Crippen molar-refractivity contribution in [2.24, 2.45) is 5.92 Å². The number of β-amino-alcohol motifs (C(OH)–C–C–N with tert-alkyl or cyclic N) is 1. The normalized spacial score (nSPS) is 19.1. The van der Waals surface area contributed by atoms with Crippen LogP contribution in [0.25, 0.3) is 16.0 Å². The van der Waals surface area contributed by atoms with Crippen LogP contribution in [0.15, 0.2) is 36.4 Å². The highest BCUT2D eigenvalue weighted by molar-refractivity contribution is 5.95. The second-order valence-corrected chi connectivity index (χ2v) is 10.9. The van der Waals surface area contributed by atoms with Gasteiger partial charge in [-0.05, 0) is 92.9 Å². The van der Waals surface area contributed by atoms with E-state index in [4.69, 9.17) is 11.3 Å². The molecule has 2 aliphatic rings. The molecule has 0 aliphatic carbocycles. The van der Waals surface area contributed by atoms with Crippen molar-refractivity contribution in [1.29, 1.82) is 0 Å². The number of amides is 1. The lowest BCUT2D eigenvalue weighted by Gasteiger charge is -2.36. The van der Waals surface area contributed by atoms with Crippen LogP contribution in [0, 0.1) is 18.3 Å². The first kappa shape index (κ1) is 29.0. The molecule has 2 aromatic rings. The SMILES string of the molecule is [C-]#[N+]c1cc(-c2ccc(C(=O)N3CCC[C@@H](O)C3)c(F)c2)ccc1OCC1CCN(CC(F)(CC)CC)CC1. The number of carbonyl (C=O) groups is 1. The third-order valence-electron chi connectivity index (χ3n) is 8.25. The van der Waals surface area contributed by atoms with Gasteiger partial charge < -0.3 is 19.6 Å². The lowest BCUT2D eigenvalue weighted by atomic mass is 9.94. The molecule has 2 heterocycles. The van der Waals surface area contributed by atoms with E-state index in [9.17, 15) is 18.7 Å². The number of hydrogen-bond donors (Lipinski definition) is 1. The van der Waals surface area contributed by atoms with E-state index in [1.165, 1.54) is 17.0 Å². The van der Waals surface area contributed by atoms with Gasteiger partial charge in [0.25, 0.3) is 5.91 Å². The predicted octanol–water partition coefficient (Wildman–Crippen LogP) is 6.26. The molecular weight excluding hydrogens is 500 g/mol. The Bertz CT molecular complexity index is 1190. The molecule has 1 amide bonds. The summed E-state index contributed by atoms with van der Waals surface area (Å²) in [6.45, 7) is 14.8. The molecule has 1 N–H and O–H groups in total. The van der Waals surface area contributed by atoms with Crippen molar-refractivity contribution in [3.8, 4) is 16.9 Å². The summed E-state index contributed by atoms with van der Waals surface area (Å²) in [5, 5.41) is 9.85. The third kappa shape index (κ3) is 7.14. The average Bonchev–Trinajstić information content (AvgIpc) is 2.96. The Morgan fingerprint density at radius 3 is 2.44 bits per heavy atom. The van der Waals surface area contributed by atoms with Gasteiger partial charge in [-0.25, -0.2) is 13.6 Å². The van der Waals surface area contributed by atoms with Crippen LogP contribution in [0.4, 0.5) is 14.5 Å². The summed E-state index contributed by atoms with van der Waals surface area (Å²) in [5.74, 6) is -0.214. The van der Waals surface area contributed by atoms with Crippen molar-refractivity contribution in [2.45, 2.75) is 64.1 Å². The molecule has 4 rings (SSSR count). The Morgan fingerprint density at radius 2 is 1.79 bits per heavy atom. The van der Waals surface area contributed by atoms with Crippen LogP contribution in [-0.2, 0) is 0 Å². The van der Waals surface area contributed by atoms with Crippen molar-refractivity contribution in [3.63, 3.8) is 0 Å². The Kier molecular flexibility index (Phi) is 9.58. The molecule has 6 nitrogen and oxygen atoms in total. The standard InChI is InChI=1S/C31H39F2N3O3/c1-4-31(33,5-2)21-35-15-12-22(13-16-35)20-39-29-11-9-24(18-28(29)34-3)23-8-10-26(27(32)17-23)30(38)36-14-6-7-25(37)19-36/h8-11,17-18,22,25,37H,4-7,12-16,19-21H2,1-2H3/t25-/m1/s1. The second kappa shape index (κ2) is 12.9. The van der Waals surface area contributed by atoms with Crippen molar-refractivity contribution >= 4 is 11.6 Å². The molecule has 39 heavy (non-hydrogen) atoms. The van der Waals surface area contributed by atoms with Gasteiger partial charge >= 0.3 is 0 Å². The average molecular weight is 540 g/mol. The van der Waals surface area contributed by atoms with E-state index >= 15 is 0 Å². The minimum absolute atomic E-state index is 0.0224. The number of hydrogen-bond acceptors (Lipinski definition) is 4. The number of halogens is 2. The number of nitrogens with zero attached hydrogens (tertiary/aromatic N) is 3. The molecule has 2 aromatic carbocycles. The maximum absolute atomic E-state index is 15.0. The largest absolute Gasteiger partial charge is 0.504 e. The highest BCUT2D eigenvalue weighted by atomic mass is 19.1. The van der Waals surface area contributed by atoms with Gasteiger partial charge in [0.15, 0.2) is 0 Å². The Balaban J connectivity index is 1.36. The zero-order valence-corrected chi connectivity index (χ0v) is 23.0. The number of benzene rings is 2. The summed E-state index contributed by atoms with van der Waals surface area (Å²) in [7, 11) is 0. The molecule has 0 spiro atoms. The summed E-state index contributed by atoms with van der Waals surface area (Å²) >= 11 is 0. The van der Waals surface area contributed by atoms with Gasteiger partial charge in [0.05, 0.1) is 24.8 Å². The van der Waals surface area contributed by atoms with Gasteiger partial charge in [0.1, 0.15) is 17.2 Å². The van der Waals surface area contributed by atoms with Crippen molar-refractivity contribution in [1.82, 2.24) is 9.80 Å². The van der Waals surface area contributed by atoms with E-state index in [1.807, 2.05) is 13.8 Å². The van der Waals surface area contributed by atoms with Gasteiger partial charge in [-0.15, -0.1) is 0 Å². The number of likely N-dealkylation sites (tertiary alicyclic amines) is 2. The molecular formula is C31H39F2N3O3. The zero-order valence-electron chi connectivity index (χ0n) is 23.0. The van der Waals surface area contributed by atoms with E-state index in [0.29, 0.717) is 73.9 Å².